The molecule has 0 bridgehead atoms. The number of aryl methyl sites for hydroxylation is 1. The number of non-ortho nitro benzene ring substituents is 1. The quantitative estimate of drug-likeness (QED) is 0.554. The van der Waals surface area contributed by atoms with Crippen LogP contribution in [0.4, 0.5) is 5.69 Å². The molecule has 9 nitrogen and oxygen atoms in total. The molecular weight excluding hydrogens is 282 g/mol. The zero-order valence-electron chi connectivity index (χ0n) is 11.1. The van der Waals surface area contributed by atoms with Crippen LogP contribution in [0.25, 0.3) is 0 Å². The minimum absolute atomic E-state index is 0.0794. The molecule has 9 heteroatoms. The van der Waals surface area contributed by atoms with Crippen molar-refractivity contribution in [2.75, 3.05) is 13.1 Å². The van der Waals surface area contributed by atoms with Crippen molar-refractivity contribution in [2.24, 2.45) is 5.73 Å². The van der Waals surface area contributed by atoms with E-state index in [0.717, 1.165) is 6.07 Å². The van der Waals surface area contributed by atoms with E-state index in [1.807, 2.05) is 0 Å². The van der Waals surface area contributed by atoms with Crippen LogP contribution >= 0.6 is 0 Å². The second-order valence-corrected chi connectivity index (χ2v) is 4.34. The minimum Gasteiger partial charge on any atom is -0.480 e. The Morgan fingerprint density at radius 2 is 1.90 bits per heavy atom. The fourth-order valence-corrected chi connectivity index (χ4v) is 1.73. The van der Waals surface area contributed by atoms with Crippen molar-refractivity contribution in [1.82, 2.24) is 4.90 Å². The molecule has 0 aromatic heterocycles. The zero-order chi connectivity index (χ0) is 16.2. The highest BCUT2D eigenvalue weighted by molar-refractivity contribution is 5.98. The molecule has 0 radical (unpaired) electrons. The second-order valence-electron chi connectivity index (χ2n) is 4.34. The smallest absolute Gasteiger partial charge is 0.323 e. The lowest BCUT2D eigenvalue weighted by Crippen LogP contribution is -2.41. The summed E-state index contributed by atoms with van der Waals surface area (Å²) in [5.74, 6) is -3.03. The number of hydrogen-bond donors (Lipinski definition) is 2. The van der Waals surface area contributed by atoms with Crippen LogP contribution in [-0.2, 0) is 9.59 Å². The molecule has 0 fully saturated rings. The predicted octanol–water partition coefficient (Wildman–Crippen LogP) is -0.0847. The van der Waals surface area contributed by atoms with Gasteiger partial charge in [-0.25, -0.2) is 0 Å². The van der Waals surface area contributed by atoms with E-state index >= 15 is 0 Å². The van der Waals surface area contributed by atoms with Gasteiger partial charge in [-0.2, -0.15) is 0 Å². The summed E-state index contributed by atoms with van der Waals surface area (Å²) in [6, 6.07) is 3.66. The van der Waals surface area contributed by atoms with Crippen LogP contribution in [0.5, 0.6) is 0 Å². The molecule has 3 N–H and O–H groups in total. The van der Waals surface area contributed by atoms with E-state index < -0.39 is 35.8 Å². The number of carbonyl (C=O) groups excluding carboxylic acids is 2. The number of nitrogens with zero attached hydrogens (tertiary/aromatic N) is 2. The first-order chi connectivity index (χ1) is 9.70. The summed E-state index contributed by atoms with van der Waals surface area (Å²) in [4.78, 5) is 44.6. The highest BCUT2D eigenvalue weighted by atomic mass is 16.6. The Morgan fingerprint density at radius 1 is 1.29 bits per heavy atom. The third-order valence-corrected chi connectivity index (χ3v) is 2.48. The van der Waals surface area contributed by atoms with Gasteiger partial charge < -0.3 is 15.7 Å². The van der Waals surface area contributed by atoms with Gasteiger partial charge in [-0.15, -0.1) is 0 Å². The third kappa shape index (κ3) is 4.56. The first-order valence-corrected chi connectivity index (χ1v) is 5.76. The van der Waals surface area contributed by atoms with Gasteiger partial charge in [-0.3, -0.25) is 24.5 Å². The van der Waals surface area contributed by atoms with Gasteiger partial charge in [0.1, 0.15) is 13.1 Å². The molecule has 0 unspecified atom stereocenters. The molecule has 1 aromatic rings. The van der Waals surface area contributed by atoms with Crippen LogP contribution in [0.1, 0.15) is 15.9 Å². The molecule has 1 aromatic carbocycles. The zero-order valence-corrected chi connectivity index (χ0v) is 11.1. The number of benzene rings is 1. The standard InChI is InChI=1S/C12H13N3O6/c1-7-2-8(4-9(3-7)15(20)21)12(19)14(5-10(13)16)6-11(17)18/h2-4H,5-6H2,1H3,(H2,13,16)(H,17,18). The summed E-state index contributed by atoms with van der Waals surface area (Å²) in [6.07, 6.45) is 0. The molecular formula is C12H13N3O6. The Bertz CT molecular complexity index is 597. The van der Waals surface area contributed by atoms with E-state index in [4.69, 9.17) is 10.8 Å². The first kappa shape index (κ1) is 16.1. The lowest BCUT2D eigenvalue weighted by molar-refractivity contribution is -0.384. The number of primary amides is 1. The van der Waals surface area contributed by atoms with Crippen molar-refractivity contribution in [1.29, 1.82) is 0 Å². The Balaban J connectivity index is 3.16. The van der Waals surface area contributed by atoms with E-state index in [2.05, 4.69) is 0 Å². The molecule has 0 heterocycles. The summed E-state index contributed by atoms with van der Waals surface area (Å²) in [6.45, 7) is 0.232. The van der Waals surface area contributed by atoms with Crippen molar-refractivity contribution >= 4 is 23.5 Å². The summed E-state index contributed by atoms with van der Waals surface area (Å²) >= 11 is 0. The van der Waals surface area contributed by atoms with Crippen LogP contribution in [0.15, 0.2) is 18.2 Å². The Kier molecular flexibility index (Phi) is 4.95. The van der Waals surface area contributed by atoms with E-state index in [1.165, 1.54) is 12.1 Å². The summed E-state index contributed by atoms with van der Waals surface area (Å²) < 4.78 is 0. The Hall–Kier alpha value is -2.97. The number of nitrogens with two attached hydrogens (primary N) is 1. The fourth-order valence-electron chi connectivity index (χ4n) is 1.73. The van der Waals surface area contributed by atoms with E-state index in [1.54, 1.807) is 6.92 Å². The number of hydrogen-bond acceptors (Lipinski definition) is 5. The number of carboxylic acid groups (broad SMARTS) is 1. The van der Waals surface area contributed by atoms with Crippen molar-refractivity contribution in [3.05, 3.63) is 39.4 Å². The maximum atomic E-state index is 12.2. The van der Waals surface area contributed by atoms with Crippen LogP contribution in [0.2, 0.25) is 0 Å². The van der Waals surface area contributed by atoms with Crippen molar-refractivity contribution < 1.29 is 24.4 Å². The highest BCUT2D eigenvalue weighted by Gasteiger charge is 2.22. The van der Waals surface area contributed by atoms with Gasteiger partial charge in [-0.05, 0) is 18.6 Å². The van der Waals surface area contributed by atoms with Crippen LogP contribution in [0, 0.1) is 17.0 Å². The van der Waals surface area contributed by atoms with E-state index in [9.17, 15) is 24.5 Å². The normalized spacial score (nSPS) is 9.95. The number of amides is 2. The molecule has 0 saturated heterocycles. The molecule has 0 saturated carbocycles. The molecule has 0 aliphatic heterocycles. The SMILES string of the molecule is Cc1cc(C(=O)N(CC(N)=O)CC(=O)O)cc([N+](=O)[O-])c1. The molecule has 2 amide bonds. The fraction of sp³-hybridized carbons (Fsp3) is 0.250. The topological polar surface area (TPSA) is 144 Å². The number of rotatable bonds is 6. The van der Waals surface area contributed by atoms with Crippen molar-refractivity contribution in [2.45, 2.75) is 6.92 Å². The largest absolute Gasteiger partial charge is 0.480 e. The van der Waals surface area contributed by atoms with Crippen molar-refractivity contribution in [3.63, 3.8) is 0 Å². The van der Waals surface area contributed by atoms with Crippen molar-refractivity contribution in [3.8, 4) is 0 Å². The summed E-state index contributed by atoms with van der Waals surface area (Å²) in [5.41, 5.74) is 5.04. The van der Waals surface area contributed by atoms with Gasteiger partial charge in [0.2, 0.25) is 5.91 Å². The number of aliphatic carboxylic acids is 1. The Morgan fingerprint density at radius 3 is 2.38 bits per heavy atom. The van der Waals surface area contributed by atoms with Crippen LogP contribution < -0.4 is 5.73 Å². The first-order valence-electron chi connectivity index (χ1n) is 5.76. The van der Waals surface area contributed by atoms with Gasteiger partial charge in [-0.1, -0.05) is 0 Å². The number of carbonyl (C=O) groups is 3. The maximum Gasteiger partial charge on any atom is 0.323 e. The van der Waals surface area contributed by atoms with Gasteiger partial charge in [0, 0.05) is 17.7 Å². The predicted molar refractivity (Wildman–Crippen MR) is 70.6 cm³/mol. The average molecular weight is 295 g/mol. The van der Waals surface area contributed by atoms with Gasteiger partial charge in [0.05, 0.1) is 4.92 Å². The number of nitro benzene ring substituents is 1. The third-order valence-electron chi connectivity index (χ3n) is 2.48. The molecule has 0 spiro atoms. The number of nitro groups is 1. The molecule has 0 aliphatic carbocycles. The average Bonchev–Trinajstić information content (AvgIpc) is 2.35. The maximum absolute atomic E-state index is 12.2. The van der Waals surface area contributed by atoms with E-state index in [0.29, 0.717) is 10.5 Å². The summed E-state index contributed by atoms with van der Waals surface area (Å²) in [7, 11) is 0. The monoisotopic (exact) mass is 295 g/mol. The molecule has 0 aliphatic rings. The molecule has 1 rings (SSSR count). The van der Waals surface area contributed by atoms with Crippen LogP contribution in [-0.4, -0.2) is 45.8 Å². The molecule has 21 heavy (non-hydrogen) atoms. The summed E-state index contributed by atoms with van der Waals surface area (Å²) in [5, 5.41) is 19.5. The number of carboxylic acids is 1. The molecule has 112 valence electrons. The second kappa shape index (κ2) is 6.46. The highest BCUT2D eigenvalue weighted by Crippen LogP contribution is 2.18. The lowest BCUT2D eigenvalue weighted by atomic mass is 10.1. The van der Waals surface area contributed by atoms with E-state index in [-0.39, 0.29) is 11.3 Å². The van der Waals surface area contributed by atoms with Gasteiger partial charge in [0.25, 0.3) is 11.6 Å². The van der Waals surface area contributed by atoms with Gasteiger partial charge >= 0.3 is 5.97 Å². The molecule has 0 atom stereocenters. The lowest BCUT2D eigenvalue weighted by Gasteiger charge is -2.19. The minimum atomic E-state index is -1.33. The van der Waals surface area contributed by atoms with Gasteiger partial charge in [0.15, 0.2) is 0 Å². The van der Waals surface area contributed by atoms with Crippen LogP contribution in [0.3, 0.4) is 0 Å². The Labute approximate surface area is 119 Å².